The van der Waals surface area contributed by atoms with Crippen LogP contribution < -0.4 is 4.74 Å². The number of ether oxygens (including phenoxy) is 1. The molecule has 0 aromatic carbocycles. The summed E-state index contributed by atoms with van der Waals surface area (Å²) in [5, 5.41) is 8.08. The van der Waals surface area contributed by atoms with Crippen molar-refractivity contribution in [2.75, 3.05) is 7.11 Å². The lowest BCUT2D eigenvalue weighted by molar-refractivity contribution is -0.358. The Morgan fingerprint density at radius 2 is 1.92 bits per heavy atom. The molecule has 2 aliphatic heterocycles. The molecule has 0 saturated carbocycles. The summed E-state index contributed by atoms with van der Waals surface area (Å²) in [5.41, 5.74) is 1.82. The quantitative estimate of drug-likeness (QED) is 0.649. The summed E-state index contributed by atoms with van der Waals surface area (Å²) in [4.78, 5) is 0. The van der Waals surface area contributed by atoms with Crippen LogP contribution in [-0.2, 0) is 0 Å². The van der Waals surface area contributed by atoms with Gasteiger partial charge in [0.2, 0.25) is 10.5 Å². The molecule has 0 N–H and O–H groups in total. The van der Waals surface area contributed by atoms with Crippen LogP contribution in [0.25, 0.3) is 5.57 Å². The molecule has 0 atom stereocenters. The van der Waals surface area contributed by atoms with Crippen molar-refractivity contribution < 1.29 is 17.9 Å². The third-order valence-electron chi connectivity index (χ3n) is 3.98. The highest BCUT2D eigenvalue weighted by Crippen LogP contribution is 2.41. The fourth-order valence-electron chi connectivity index (χ4n) is 2.96. The highest BCUT2D eigenvalue weighted by atomic mass is 79.9. The van der Waals surface area contributed by atoms with E-state index in [4.69, 9.17) is 4.74 Å². The number of allylic oxidation sites excluding steroid dienone is 2. The van der Waals surface area contributed by atoms with Crippen LogP contribution in [0.15, 0.2) is 46.7 Å². The van der Waals surface area contributed by atoms with Crippen molar-refractivity contribution in [1.82, 2.24) is 14.7 Å². The van der Waals surface area contributed by atoms with Gasteiger partial charge in [-0.2, -0.15) is 0 Å². The summed E-state index contributed by atoms with van der Waals surface area (Å²) in [6.45, 7) is -4.03. The number of nitrogens with zero attached hydrogens (tertiary/aromatic N) is 4. The molecule has 0 amide bonds. The predicted octanol–water partition coefficient (Wildman–Crippen LogP) is 3.42. The summed E-state index contributed by atoms with van der Waals surface area (Å²) in [6.07, 6.45) is 3.24. The molecule has 10 heteroatoms. The van der Waals surface area contributed by atoms with Gasteiger partial charge in [-0.05, 0) is 34.1 Å². The molecule has 24 heavy (non-hydrogen) atoms. The summed E-state index contributed by atoms with van der Waals surface area (Å²) in [7, 11) is 1.49. The van der Waals surface area contributed by atoms with E-state index >= 15 is 8.63 Å². The first-order valence-electron chi connectivity index (χ1n) is 6.97. The predicted molar refractivity (Wildman–Crippen MR) is 93.4 cm³/mol. The third kappa shape index (κ3) is 2.05. The minimum absolute atomic E-state index is 0.299. The molecule has 0 aliphatic carbocycles. The topological polar surface area (TPSA) is 43.0 Å². The number of rotatable bonds is 2. The third-order valence-corrected chi connectivity index (χ3v) is 5.27. The van der Waals surface area contributed by atoms with Crippen LogP contribution in [0.5, 0.6) is 5.88 Å². The van der Waals surface area contributed by atoms with Gasteiger partial charge in [0, 0.05) is 39.8 Å². The Hall–Kier alpha value is -1.81. The van der Waals surface area contributed by atoms with Crippen LogP contribution in [0, 0.1) is 0 Å². The number of methoxy groups -OCH3 is 1. The Morgan fingerprint density at radius 3 is 2.58 bits per heavy atom. The van der Waals surface area contributed by atoms with E-state index in [0.717, 1.165) is 8.96 Å². The molecule has 2 aliphatic rings. The SMILES string of the molecule is COc1ccc(C2=C3C=CC(Br)=[N+]3[B-](F)(F)n3c(Br)ccc32)nn1. The van der Waals surface area contributed by atoms with Crippen LogP contribution in [0.2, 0.25) is 0 Å². The van der Waals surface area contributed by atoms with Gasteiger partial charge in [-0.15, -0.1) is 10.2 Å². The monoisotopic (exact) mass is 456 g/mol. The van der Waals surface area contributed by atoms with Crippen LogP contribution >= 0.6 is 31.9 Å². The maximum atomic E-state index is 15.0. The van der Waals surface area contributed by atoms with Crippen LogP contribution in [0.1, 0.15) is 11.4 Å². The molecule has 0 radical (unpaired) electrons. The number of aromatic nitrogens is 3. The van der Waals surface area contributed by atoms with Crippen LogP contribution in [-0.4, -0.2) is 37.9 Å². The molecule has 0 fully saturated rings. The first-order chi connectivity index (χ1) is 11.4. The lowest BCUT2D eigenvalue weighted by Crippen LogP contribution is -2.50. The van der Waals surface area contributed by atoms with Gasteiger partial charge in [-0.3, -0.25) is 0 Å². The average Bonchev–Trinajstić information content (AvgIpc) is 3.13. The summed E-state index contributed by atoms with van der Waals surface area (Å²) in [5.74, 6) is 0.359. The number of fused-ring (bicyclic) bond motifs is 2. The van der Waals surface area contributed by atoms with E-state index in [1.54, 1.807) is 36.4 Å². The molecule has 0 saturated heterocycles. The molecule has 0 bridgehead atoms. The molecule has 2 aromatic rings. The first kappa shape index (κ1) is 15.7. The fourth-order valence-corrected chi connectivity index (χ4v) is 4.10. The second kappa shape index (κ2) is 5.35. The molecule has 4 rings (SSSR count). The van der Waals surface area contributed by atoms with Crippen LogP contribution in [0.4, 0.5) is 8.63 Å². The second-order valence-corrected chi connectivity index (χ2v) is 6.87. The summed E-state index contributed by atoms with van der Waals surface area (Å²) < 4.78 is 37.7. The molecular formula is C14H9BBr2F2N4O. The van der Waals surface area contributed by atoms with Gasteiger partial charge in [-0.1, -0.05) is 0 Å². The molecule has 2 aromatic heterocycles. The standard InChI is InChI=1S/C14H9BBr2F2N4O/c1-24-13-7-2-8(20-21-13)14-9-3-5-11(16)22(9)15(18,19)23-10(14)4-6-12(23)17/h2-7H,1H3. The van der Waals surface area contributed by atoms with E-state index < -0.39 is 6.97 Å². The summed E-state index contributed by atoms with van der Waals surface area (Å²) in [6, 6.07) is 6.60. The first-order valence-corrected chi connectivity index (χ1v) is 8.55. The Labute approximate surface area is 152 Å². The largest absolute Gasteiger partial charge is 0.738 e. The van der Waals surface area contributed by atoms with E-state index in [0.29, 0.717) is 37.8 Å². The summed E-state index contributed by atoms with van der Waals surface area (Å²) >= 11 is 6.43. The van der Waals surface area contributed by atoms with Gasteiger partial charge in [0.1, 0.15) is 5.69 Å². The Bertz CT molecular complexity index is 950. The Balaban J connectivity index is 2.04. The molecule has 122 valence electrons. The van der Waals surface area contributed by atoms with Crippen molar-refractivity contribution in [2.24, 2.45) is 0 Å². The van der Waals surface area contributed by atoms with Gasteiger partial charge < -0.3 is 22.3 Å². The zero-order valence-electron chi connectivity index (χ0n) is 12.3. The van der Waals surface area contributed by atoms with Crippen molar-refractivity contribution in [2.45, 2.75) is 0 Å². The number of hydrogen-bond donors (Lipinski definition) is 0. The lowest BCUT2D eigenvalue weighted by atomic mass is 9.88. The van der Waals surface area contributed by atoms with Gasteiger partial charge in [0.05, 0.1) is 17.3 Å². The zero-order valence-corrected chi connectivity index (χ0v) is 15.4. The molecule has 0 unspecified atom stereocenters. The number of halogens is 4. The fraction of sp³-hybridized carbons (Fsp3) is 0.0714. The van der Waals surface area contributed by atoms with Crippen molar-refractivity contribution in [3.63, 3.8) is 0 Å². The van der Waals surface area contributed by atoms with E-state index in [-0.39, 0.29) is 0 Å². The van der Waals surface area contributed by atoms with E-state index in [9.17, 15) is 0 Å². The smallest absolute Gasteiger partial charge is 0.480 e. The van der Waals surface area contributed by atoms with E-state index in [2.05, 4.69) is 42.1 Å². The van der Waals surface area contributed by atoms with Gasteiger partial charge in [0.15, 0.2) is 5.70 Å². The normalized spacial score (nSPS) is 18.0. The maximum absolute atomic E-state index is 15.0. The van der Waals surface area contributed by atoms with Crippen LogP contribution in [0.3, 0.4) is 0 Å². The van der Waals surface area contributed by atoms with Gasteiger partial charge in [0.25, 0.3) is 0 Å². The van der Waals surface area contributed by atoms with Gasteiger partial charge in [-0.25, -0.2) is 0 Å². The van der Waals surface area contributed by atoms with Crippen molar-refractivity contribution in [1.29, 1.82) is 0 Å². The van der Waals surface area contributed by atoms with Gasteiger partial charge >= 0.3 is 6.97 Å². The maximum Gasteiger partial charge on any atom is 0.738 e. The van der Waals surface area contributed by atoms with Crippen molar-refractivity contribution in [3.8, 4) is 5.88 Å². The minimum atomic E-state index is -4.03. The number of hydrogen-bond acceptors (Lipinski definition) is 3. The van der Waals surface area contributed by atoms with Crippen molar-refractivity contribution >= 4 is 49.0 Å². The molecule has 5 nitrogen and oxygen atoms in total. The Kier molecular flexibility index (Phi) is 3.50. The Morgan fingerprint density at radius 1 is 1.12 bits per heavy atom. The zero-order chi connectivity index (χ0) is 17.1. The molecule has 4 heterocycles. The highest BCUT2D eigenvalue weighted by molar-refractivity contribution is 9.18. The van der Waals surface area contributed by atoms with E-state index in [1.807, 2.05) is 0 Å². The highest BCUT2D eigenvalue weighted by Gasteiger charge is 2.54. The molecular weight excluding hydrogens is 449 g/mol. The molecule has 0 spiro atoms. The lowest BCUT2D eigenvalue weighted by Gasteiger charge is -2.31. The van der Waals surface area contributed by atoms with Crippen molar-refractivity contribution in [3.05, 3.63) is 58.1 Å². The van der Waals surface area contributed by atoms with E-state index in [1.165, 1.54) is 7.11 Å². The average molecular weight is 458 g/mol. The minimum Gasteiger partial charge on any atom is -0.480 e. The second-order valence-electron chi connectivity index (χ2n) is 5.25.